The number of esters is 1. The topological polar surface area (TPSA) is 46.6 Å². The first-order valence-electron chi connectivity index (χ1n) is 5.19. The van der Waals surface area contributed by atoms with Crippen LogP contribution in [0.2, 0.25) is 0 Å². The number of halogens is 1. The summed E-state index contributed by atoms with van der Waals surface area (Å²) in [4.78, 5) is 24.6. The van der Waals surface area contributed by atoms with Gasteiger partial charge in [0.2, 0.25) is 5.91 Å². The van der Waals surface area contributed by atoms with Crippen molar-refractivity contribution in [2.75, 3.05) is 13.2 Å². The molecule has 0 N–H and O–H groups in total. The van der Waals surface area contributed by atoms with Crippen LogP contribution in [0.25, 0.3) is 0 Å². The van der Waals surface area contributed by atoms with E-state index in [2.05, 4.69) is 15.9 Å². The van der Waals surface area contributed by atoms with Gasteiger partial charge in [-0.05, 0) is 26.7 Å². The number of rotatable bonds is 3. The molecular formula is C10H16BrNO3. The Morgan fingerprint density at radius 3 is 3.00 bits per heavy atom. The standard InChI is InChI=1S/C10H16BrNO3/c1-3-15-10(14)7(2)12-6-4-5-8(11)9(12)13/h7-8H,3-6H2,1-2H3. The molecule has 1 fully saturated rings. The molecule has 1 aliphatic rings. The van der Waals surface area contributed by atoms with Crippen molar-refractivity contribution in [3.05, 3.63) is 0 Å². The number of hydrogen-bond acceptors (Lipinski definition) is 3. The van der Waals surface area contributed by atoms with Crippen molar-refractivity contribution in [2.45, 2.75) is 37.6 Å². The lowest BCUT2D eigenvalue weighted by Crippen LogP contribution is -2.50. The average Bonchev–Trinajstić information content (AvgIpc) is 2.21. The van der Waals surface area contributed by atoms with Crippen LogP contribution >= 0.6 is 15.9 Å². The van der Waals surface area contributed by atoms with E-state index in [1.54, 1.807) is 18.7 Å². The molecule has 15 heavy (non-hydrogen) atoms. The van der Waals surface area contributed by atoms with Gasteiger partial charge in [-0.1, -0.05) is 15.9 Å². The van der Waals surface area contributed by atoms with Gasteiger partial charge in [-0.2, -0.15) is 0 Å². The lowest BCUT2D eigenvalue weighted by Gasteiger charge is -2.33. The van der Waals surface area contributed by atoms with Crippen LogP contribution in [0.4, 0.5) is 0 Å². The Balaban J connectivity index is 2.61. The molecule has 1 rings (SSSR count). The molecule has 0 spiro atoms. The largest absolute Gasteiger partial charge is 0.464 e. The van der Waals surface area contributed by atoms with E-state index >= 15 is 0 Å². The maximum atomic E-state index is 11.7. The van der Waals surface area contributed by atoms with Gasteiger partial charge < -0.3 is 9.64 Å². The molecule has 0 aliphatic carbocycles. The highest BCUT2D eigenvalue weighted by atomic mass is 79.9. The third-order valence-corrected chi connectivity index (χ3v) is 3.35. The minimum absolute atomic E-state index is 0.0122. The first kappa shape index (κ1) is 12.5. The summed E-state index contributed by atoms with van der Waals surface area (Å²) in [6.07, 6.45) is 1.76. The molecule has 0 aromatic carbocycles. The smallest absolute Gasteiger partial charge is 0.328 e. The van der Waals surface area contributed by atoms with Crippen molar-refractivity contribution in [1.29, 1.82) is 0 Å². The van der Waals surface area contributed by atoms with Crippen molar-refractivity contribution >= 4 is 27.8 Å². The number of carbonyl (C=O) groups is 2. The van der Waals surface area contributed by atoms with Crippen LogP contribution in [0.1, 0.15) is 26.7 Å². The minimum Gasteiger partial charge on any atom is -0.464 e. The number of piperidine rings is 1. The van der Waals surface area contributed by atoms with E-state index in [-0.39, 0.29) is 16.7 Å². The summed E-state index contributed by atoms with van der Waals surface area (Å²) in [5.41, 5.74) is 0. The predicted molar refractivity (Wildman–Crippen MR) is 59.8 cm³/mol. The number of carbonyl (C=O) groups excluding carboxylic acids is 2. The average molecular weight is 278 g/mol. The zero-order valence-electron chi connectivity index (χ0n) is 9.03. The summed E-state index contributed by atoms with van der Waals surface area (Å²) >= 11 is 3.31. The van der Waals surface area contributed by atoms with Gasteiger partial charge in [0, 0.05) is 6.54 Å². The number of ether oxygens (including phenoxy) is 1. The quantitative estimate of drug-likeness (QED) is 0.578. The zero-order chi connectivity index (χ0) is 11.4. The summed E-state index contributed by atoms with van der Waals surface area (Å²) in [5, 5.41) is 0. The van der Waals surface area contributed by atoms with Crippen LogP contribution in [-0.2, 0) is 14.3 Å². The molecule has 4 nitrogen and oxygen atoms in total. The fourth-order valence-electron chi connectivity index (χ4n) is 1.63. The number of hydrogen-bond donors (Lipinski definition) is 0. The van der Waals surface area contributed by atoms with Gasteiger partial charge in [-0.15, -0.1) is 0 Å². The molecule has 1 amide bonds. The third-order valence-electron chi connectivity index (χ3n) is 2.50. The van der Waals surface area contributed by atoms with E-state index in [9.17, 15) is 9.59 Å². The third kappa shape index (κ3) is 2.93. The van der Waals surface area contributed by atoms with Crippen LogP contribution < -0.4 is 0 Å². The second-order valence-corrected chi connectivity index (χ2v) is 4.67. The first-order chi connectivity index (χ1) is 7.07. The molecule has 1 saturated heterocycles. The van der Waals surface area contributed by atoms with Gasteiger partial charge in [-0.25, -0.2) is 4.79 Å². The van der Waals surface area contributed by atoms with Gasteiger partial charge >= 0.3 is 5.97 Å². The fourth-order valence-corrected chi connectivity index (χ4v) is 2.22. The first-order valence-corrected chi connectivity index (χ1v) is 6.10. The normalized spacial score (nSPS) is 23.8. The molecule has 1 aliphatic heterocycles. The van der Waals surface area contributed by atoms with E-state index in [4.69, 9.17) is 4.74 Å². The van der Waals surface area contributed by atoms with Gasteiger partial charge in [-0.3, -0.25) is 4.79 Å². The molecule has 0 radical (unpaired) electrons. The summed E-state index contributed by atoms with van der Waals surface area (Å²) in [6.45, 7) is 4.46. The summed E-state index contributed by atoms with van der Waals surface area (Å²) < 4.78 is 4.89. The number of amides is 1. The molecule has 86 valence electrons. The fraction of sp³-hybridized carbons (Fsp3) is 0.800. The summed E-state index contributed by atoms with van der Waals surface area (Å²) in [6, 6.07) is -0.474. The van der Waals surface area contributed by atoms with Gasteiger partial charge in [0.15, 0.2) is 0 Å². The number of nitrogens with zero attached hydrogens (tertiary/aromatic N) is 1. The van der Waals surface area contributed by atoms with E-state index in [1.807, 2.05) is 0 Å². The summed E-state index contributed by atoms with van der Waals surface area (Å²) in [7, 11) is 0. The monoisotopic (exact) mass is 277 g/mol. The van der Waals surface area contributed by atoms with Crippen molar-refractivity contribution in [2.24, 2.45) is 0 Å². The Labute approximate surface area is 98.1 Å². The van der Waals surface area contributed by atoms with Gasteiger partial charge in [0.1, 0.15) is 6.04 Å². The maximum absolute atomic E-state index is 11.7. The predicted octanol–water partition coefficient (Wildman–Crippen LogP) is 1.32. The van der Waals surface area contributed by atoms with Crippen LogP contribution in [0.3, 0.4) is 0 Å². The second-order valence-electron chi connectivity index (χ2n) is 3.57. The Morgan fingerprint density at radius 1 is 1.73 bits per heavy atom. The summed E-state index contributed by atoms with van der Waals surface area (Å²) in [5.74, 6) is -0.339. The molecule has 0 aromatic rings. The van der Waals surface area contributed by atoms with Gasteiger partial charge in [0.05, 0.1) is 11.4 Å². The molecule has 0 saturated carbocycles. The van der Waals surface area contributed by atoms with E-state index in [0.29, 0.717) is 13.2 Å². The number of likely N-dealkylation sites (tertiary alicyclic amines) is 1. The highest BCUT2D eigenvalue weighted by molar-refractivity contribution is 9.10. The van der Waals surface area contributed by atoms with Crippen LogP contribution in [-0.4, -0.2) is 40.8 Å². The van der Waals surface area contributed by atoms with E-state index in [0.717, 1.165) is 12.8 Å². The second kappa shape index (κ2) is 5.49. The molecule has 2 atom stereocenters. The van der Waals surface area contributed by atoms with Crippen LogP contribution in [0, 0.1) is 0 Å². The lowest BCUT2D eigenvalue weighted by molar-refractivity contribution is -0.154. The molecule has 0 aromatic heterocycles. The molecular weight excluding hydrogens is 262 g/mol. The highest BCUT2D eigenvalue weighted by Gasteiger charge is 2.33. The van der Waals surface area contributed by atoms with Crippen LogP contribution in [0.15, 0.2) is 0 Å². The van der Waals surface area contributed by atoms with Crippen molar-refractivity contribution in [3.8, 4) is 0 Å². The number of alkyl halides is 1. The molecule has 1 heterocycles. The van der Waals surface area contributed by atoms with E-state index in [1.165, 1.54) is 0 Å². The van der Waals surface area contributed by atoms with Crippen LogP contribution in [0.5, 0.6) is 0 Å². The molecule has 2 unspecified atom stereocenters. The Hall–Kier alpha value is -0.580. The van der Waals surface area contributed by atoms with Crippen molar-refractivity contribution in [3.63, 3.8) is 0 Å². The highest BCUT2D eigenvalue weighted by Crippen LogP contribution is 2.20. The SMILES string of the molecule is CCOC(=O)C(C)N1CCCC(Br)C1=O. The molecule has 5 heteroatoms. The lowest BCUT2D eigenvalue weighted by atomic mass is 10.1. The Kier molecular flexibility index (Phi) is 4.57. The zero-order valence-corrected chi connectivity index (χ0v) is 10.6. The maximum Gasteiger partial charge on any atom is 0.328 e. The van der Waals surface area contributed by atoms with Crippen molar-refractivity contribution < 1.29 is 14.3 Å². The Bertz CT molecular complexity index is 257. The minimum atomic E-state index is -0.474. The van der Waals surface area contributed by atoms with Gasteiger partial charge in [0.25, 0.3) is 0 Å². The molecule has 0 bridgehead atoms. The Morgan fingerprint density at radius 2 is 2.40 bits per heavy atom. The van der Waals surface area contributed by atoms with E-state index < -0.39 is 6.04 Å². The van der Waals surface area contributed by atoms with Crippen molar-refractivity contribution in [1.82, 2.24) is 4.90 Å².